The van der Waals surface area contributed by atoms with Crippen LogP contribution < -0.4 is 0 Å². The van der Waals surface area contributed by atoms with Crippen LogP contribution in [0.5, 0.6) is 0 Å². The number of hydrogen-bond acceptors (Lipinski definition) is 0. The average molecular weight is 258 g/mol. The Kier molecular flexibility index (Phi) is 297. The maximum Gasteiger partial charge on any atom is -0.0683 e. The first kappa shape index (κ1) is 29.4. The van der Waals surface area contributed by atoms with Crippen LogP contribution >= 0.6 is 53.6 Å². The predicted molar refractivity (Wildman–Crippen MR) is 81.0 cm³/mol. The molecule has 0 saturated carbocycles. The Balaban J connectivity index is -0.0000000110. The lowest BCUT2D eigenvalue weighted by Gasteiger charge is -1.51. The third kappa shape index (κ3) is 146. The third-order valence-electron chi connectivity index (χ3n) is 0. The normalized spacial score (nSPS) is 3.60. The van der Waals surface area contributed by atoms with Gasteiger partial charge in [0.15, 0.2) is 0 Å². The number of hydrogen-bond donors (Lipinski definition) is 0. The molecule has 0 spiro atoms. The molecule has 10 heavy (non-hydrogen) atoms. The van der Waals surface area contributed by atoms with E-state index in [1.54, 1.807) is 0 Å². The predicted octanol–water partition coefficient (Wildman–Crippen LogP) is 4.01. The molecule has 70 valence electrons. The maximum absolute atomic E-state index is 2.57. The van der Waals surface area contributed by atoms with Crippen molar-refractivity contribution in [3.63, 3.8) is 0 Å². The highest BCUT2D eigenvalue weighted by Crippen LogP contribution is 2.28. The van der Waals surface area contributed by atoms with E-state index >= 15 is 0 Å². The summed E-state index contributed by atoms with van der Waals surface area (Å²) in [4.78, 5) is 0. The van der Waals surface area contributed by atoms with Gasteiger partial charge in [0.2, 0.25) is 0 Å². The van der Waals surface area contributed by atoms with Crippen molar-refractivity contribution in [3.05, 3.63) is 0 Å². The summed E-state index contributed by atoms with van der Waals surface area (Å²) in [6.45, 7) is 8.00. The molecule has 0 aromatic rings. The van der Waals surface area contributed by atoms with Crippen LogP contribution in [-0.4, -0.2) is 0 Å². The van der Waals surface area contributed by atoms with E-state index in [0.29, 0.717) is 0 Å². The van der Waals surface area contributed by atoms with Crippen LogP contribution in [0.3, 0.4) is 0 Å². The van der Waals surface area contributed by atoms with Crippen molar-refractivity contribution in [2.75, 3.05) is 0 Å². The zero-order valence-electron chi connectivity index (χ0n) is 7.52. The highest BCUT2D eigenvalue weighted by Gasteiger charge is 1.32. The van der Waals surface area contributed by atoms with Crippen LogP contribution in [0.4, 0.5) is 0 Å². The summed E-state index contributed by atoms with van der Waals surface area (Å²) in [7, 11) is 10.7. The molecule has 0 fully saturated rings. The van der Waals surface area contributed by atoms with Crippen LogP contribution in [-0.2, 0) is 0 Å². The van der Waals surface area contributed by atoms with E-state index < -0.39 is 0 Å². The smallest absolute Gasteiger partial charge is 0.0683 e. The molecule has 0 aromatic carbocycles. The van der Waals surface area contributed by atoms with E-state index in [4.69, 9.17) is 0 Å². The SMILES string of the molecule is CC.CC.P.PP.PPP. The highest BCUT2D eigenvalue weighted by molar-refractivity contribution is 8.33. The molecular formula is C4H24P6. The Labute approximate surface area is 81.5 Å². The molecule has 0 aromatic heterocycles. The van der Waals surface area contributed by atoms with Crippen molar-refractivity contribution in [1.29, 1.82) is 0 Å². The summed E-state index contributed by atoms with van der Waals surface area (Å²) in [6.07, 6.45) is 0. The molecule has 0 aliphatic rings. The Morgan fingerprint density at radius 3 is 0.800 bits per heavy atom. The van der Waals surface area contributed by atoms with Crippen LogP contribution in [0.25, 0.3) is 0 Å². The fraction of sp³-hybridized carbons (Fsp3) is 1.00. The summed E-state index contributed by atoms with van der Waals surface area (Å²) in [5, 5.41) is 0. The lowest BCUT2D eigenvalue weighted by atomic mass is 11.0. The van der Waals surface area contributed by atoms with E-state index in [-0.39, 0.29) is 9.90 Å². The first-order chi connectivity index (χ1) is 4.41. The maximum atomic E-state index is 2.57. The monoisotopic (exact) mass is 258 g/mol. The molecule has 0 radical (unpaired) electrons. The van der Waals surface area contributed by atoms with Crippen LogP contribution in [0, 0.1) is 0 Å². The molecule has 0 aliphatic heterocycles. The second-order valence-electron chi connectivity index (χ2n) is 0.167. The molecular weight excluding hydrogens is 234 g/mol. The Bertz CT molecular complexity index is 9.71. The van der Waals surface area contributed by atoms with Crippen LogP contribution in [0.2, 0.25) is 0 Å². The van der Waals surface area contributed by atoms with E-state index in [0.717, 1.165) is 7.96 Å². The topological polar surface area (TPSA) is 0 Å². The van der Waals surface area contributed by atoms with E-state index in [2.05, 4.69) is 35.7 Å². The molecule has 0 N–H and O–H groups in total. The Morgan fingerprint density at radius 2 is 0.800 bits per heavy atom. The summed E-state index contributed by atoms with van der Waals surface area (Å²) in [6, 6.07) is 0. The van der Waals surface area contributed by atoms with Crippen molar-refractivity contribution in [2.45, 2.75) is 27.7 Å². The lowest BCUT2D eigenvalue weighted by molar-refractivity contribution is 1.50. The van der Waals surface area contributed by atoms with Crippen molar-refractivity contribution in [3.8, 4) is 0 Å². The zero-order chi connectivity index (χ0) is 8.71. The minimum absolute atomic E-state index is 0. The summed E-state index contributed by atoms with van der Waals surface area (Å²) < 4.78 is 0. The molecule has 0 heterocycles. The average Bonchev–Trinajstić information content (AvgIpc) is 2.01. The minimum Gasteiger partial charge on any atom is -0.153 e. The molecule has 0 rings (SSSR count). The van der Waals surface area contributed by atoms with Crippen molar-refractivity contribution in [1.82, 2.24) is 0 Å². The summed E-state index contributed by atoms with van der Waals surface area (Å²) in [5.41, 5.74) is 0. The van der Waals surface area contributed by atoms with Gasteiger partial charge in [-0.2, -0.15) is 9.90 Å². The van der Waals surface area contributed by atoms with Gasteiger partial charge in [-0.05, 0) is 0 Å². The Morgan fingerprint density at radius 1 is 0.800 bits per heavy atom. The lowest BCUT2D eigenvalue weighted by Crippen LogP contribution is -0.856. The van der Waals surface area contributed by atoms with Crippen molar-refractivity contribution < 1.29 is 0 Å². The molecule has 6 heteroatoms. The van der Waals surface area contributed by atoms with Crippen molar-refractivity contribution in [2.24, 2.45) is 0 Å². The molecule has 0 bridgehead atoms. The molecule has 0 aliphatic carbocycles. The van der Waals surface area contributed by atoms with Gasteiger partial charge in [-0.1, -0.05) is 35.7 Å². The zero-order valence-corrected chi connectivity index (χ0v) is 14.5. The molecule has 0 saturated heterocycles. The van der Waals surface area contributed by atoms with Gasteiger partial charge in [-0.25, -0.2) is 0 Å². The fourth-order valence-electron chi connectivity index (χ4n) is 0. The fourth-order valence-corrected chi connectivity index (χ4v) is 0. The second kappa shape index (κ2) is 101. The van der Waals surface area contributed by atoms with Crippen LogP contribution in [0.1, 0.15) is 27.7 Å². The van der Waals surface area contributed by atoms with Gasteiger partial charge in [-0.3, -0.25) is 0 Å². The summed E-state index contributed by atoms with van der Waals surface area (Å²) >= 11 is 0. The Hall–Kier alpha value is 2.58. The molecule has 0 nitrogen and oxygen atoms in total. The quantitative estimate of drug-likeness (QED) is 0.576. The molecule has 5 atom stereocenters. The van der Waals surface area contributed by atoms with Crippen LogP contribution in [0.15, 0.2) is 0 Å². The summed E-state index contributed by atoms with van der Waals surface area (Å²) in [5.74, 6) is 0. The van der Waals surface area contributed by atoms with Gasteiger partial charge in [0.1, 0.15) is 0 Å². The number of rotatable bonds is 0. The van der Waals surface area contributed by atoms with Gasteiger partial charge in [0, 0.05) is 0 Å². The van der Waals surface area contributed by atoms with E-state index in [9.17, 15) is 0 Å². The van der Waals surface area contributed by atoms with E-state index in [1.165, 1.54) is 0 Å². The first-order valence-corrected chi connectivity index (χ1v) is 10.2. The van der Waals surface area contributed by atoms with Gasteiger partial charge >= 0.3 is 0 Å². The largest absolute Gasteiger partial charge is 0.153 e. The standard InChI is InChI=1S/2C2H6.H5P3.H4P2.H3P/c2*1-2;1-3-2;1-2;/h2*1-2H3;3H,1-2H2;1-2H2;1H3. The molecule has 0 amide bonds. The van der Waals surface area contributed by atoms with E-state index in [1.807, 2.05) is 27.7 Å². The first-order valence-electron chi connectivity index (χ1n) is 2.91. The molecule has 5 unspecified atom stereocenters. The van der Waals surface area contributed by atoms with Gasteiger partial charge in [0.05, 0.1) is 0 Å². The second-order valence-corrected chi connectivity index (χ2v) is 4.50. The van der Waals surface area contributed by atoms with Gasteiger partial charge < -0.3 is 0 Å². The third-order valence-corrected chi connectivity index (χ3v) is 0. The van der Waals surface area contributed by atoms with Gasteiger partial charge in [-0.15, -0.1) is 35.7 Å². The van der Waals surface area contributed by atoms with Crippen molar-refractivity contribution >= 4 is 53.6 Å². The minimum atomic E-state index is 0. The highest BCUT2D eigenvalue weighted by atomic mass is 32.4. The van der Waals surface area contributed by atoms with Gasteiger partial charge in [0.25, 0.3) is 0 Å².